The van der Waals surface area contributed by atoms with Crippen LogP contribution in [-0.2, 0) is 32.1 Å². The number of aryl methyl sites for hydroxylation is 5. The van der Waals surface area contributed by atoms with Crippen LogP contribution in [0, 0.1) is 17.5 Å². The zero-order chi connectivity index (χ0) is 24.8. The molecule has 0 amide bonds. The molecule has 6 heteroatoms. The topological polar surface area (TPSA) is 25.8 Å². The highest BCUT2D eigenvalue weighted by Gasteiger charge is 2.12. The number of aromatic nitrogens is 2. The Labute approximate surface area is 208 Å². The third kappa shape index (κ3) is 6.29. The molecule has 0 saturated heterocycles. The lowest BCUT2D eigenvalue weighted by molar-refractivity contribution is 0.579. The molecule has 0 aliphatic carbocycles. The average Bonchev–Trinajstić information content (AvgIpc) is 2.86. The second-order valence-corrected chi connectivity index (χ2v) is 8.96. The molecule has 4 rings (SSSR count). The van der Waals surface area contributed by atoms with E-state index in [-0.39, 0.29) is 5.82 Å². The number of fused-ring (bicyclic) bond motifs is 1. The Bertz CT molecular complexity index is 1330. The lowest BCUT2D eigenvalue weighted by Crippen LogP contribution is -2.00. The van der Waals surface area contributed by atoms with Crippen molar-refractivity contribution in [1.29, 1.82) is 0 Å². The second kappa shape index (κ2) is 11.5. The molecular formula is C29H26ClF3N2. The van der Waals surface area contributed by atoms with Crippen molar-refractivity contribution >= 4 is 22.4 Å². The minimum Gasteiger partial charge on any atom is -0.241 e. The molecule has 1 aromatic heterocycles. The summed E-state index contributed by atoms with van der Waals surface area (Å²) in [5.41, 5.74) is 3.14. The average molecular weight is 495 g/mol. The molecule has 0 unspecified atom stereocenters. The molecule has 0 bridgehead atoms. The van der Waals surface area contributed by atoms with Gasteiger partial charge in [0.2, 0.25) is 0 Å². The largest absolute Gasteiger partial charge is 0.241 e. The molecule has 0 fully saturated rings. The third-order valence-electron chi connectivity index (χ3n) is 6.06. The highest BCUT2D eigenvalue weighted by atomic mass is 35.5. The van der Waals surface area contributed by atoms with Crippen molar-refractivity contribution in [3.05, 3.63) is 118 Å². The normalized spacial score (nSPS) is 11.6. The van der Waals surface area contributed by atoms with Crippen LogP contribution >= 0.6 is 11.6 Å². The smallest absolute Gasteiger partial charge is 0.145 e. The van der Waals surface area contributed by atoms with E-state index in [0.29, 0.717) is 35.8 Å². The minimum atomic E-state index is -0.807. The first-order chi connectivity index (χ1) is 16.9. The number of allylic oxidation sites excluding steroid dienone is 2. The van der Waals surface area contributed by atoms with Crippen LogP contribution in [0.1, 0.15) is 41.4 Å². The summed E-state index contributed by atoms with van der Waals surface area (Å²) < 4.78 is 42.5. The van der Waals surface area contributed by atoms with Crippen LogP contribution in [0.2, 0.25) is 5.02 Å². The van der Waals surface area contributed by atoms with Crippen molar-refractivity contribution in [3.63, 3.8) is 0 Å². The van der Waals surface area contributed by atoms with E-state index in [1.165, 1.54) is 12.1 Å². The zero-order valence-electron chi connectivity index (χ0n) is 19.5. The summed E-state index contributed by atoms with van der Waals surface area (Å²) in [6, 6.07) is 11.7. The fourth-order valence-electron chi connectivity index (χ4n) is 4.08. The predicted octanol–water partition coefficient (Wildman–Crippen LogP) is 7.78. The van der Waals surface area contributed by atoms with Gasteiger partial charge in [-0.3, -0.25) is 0 Å². The van der Waals surface area contributed by atoms with Gasteiger partial charge < -0.3 is 0 Å². The van der Waals surface area contributed by atoms with Crippen LogP contribution in [0.25, 0.3) is 10.8 Å². The molecule has 0 aliphatic heterocycles. The molecular weight excluding hydrogens is 469 g/mol. The molecule has 0 N–H and O–H groups in total. The summed E-state index contributed by atoms with van der Waals surface area (Å²) in [5, 5.41) is 0.819. The molecule has 0 radical (unpaired) electrons. The number of hydrogen-bond acceptors (Lipinski definition) is 2. The highest BCUT2D eigenvalue weighted by Crippen LogP contribution is 2.25. The summed E-state index contributed by atoms with van der Waals surface area (Å²) >= 11 is 5.54. The number of rotatable bonds is 9. The van der Waals surface area contributed by atoms with E-state index < -0.39 is 16.7 Å². The van der Waals surface area contributed by atoms with Gasteiger partial charge >= 0.3 is 0 Å². The molecule has 1 heterocycles. The highest BCUT2D eigenvalue weighted by molar-refractivity contribution is 6.30. The first kappa shape index (κ1) is 24.9. The molecule has 2 nitrogen and oxygen atoms in total. The van der Waals surface area contributed by atoms with Crippen molar-refractivity contribution in [2.75, 3.05) is 0 Å². The van der Waals surface area contributed by atoms with E-state index in [1.54, 1.807) is 12.1 Å². The maximum atomic E-state index is 15.1. The zero-order valence-corrected chi connectivity index (χ0v) is 20.3. The Balaban J connectivity index is 1.40. The SMILES string of the molecule is C/C=C/CCc1cnc(CCc2ccc3c(F)c(CCc4cc(F)c(Cl)c(F)c4)ccc3c2)nc1. The Hall–Kier alpha value is -3.18. The van der Waals surface area contributed by atoms with Crippen molar-refractivity contribution in [2.24, 2.45) is 0 Å². The van der Waals surface area contributed by atoms with Crippen LogP contribution in [-0.4, -0.2) is 9.97 Å². The van der Waals surface area contributed by atoms with Gasteiger partial charge in [-0.15, -0.1) is 0 Å². The van der Waals surface area contributed by atoms with Gasteiger partial charge in [0.25, 0.3) is 0 Å². The Kier molecular flexibility index (Phi) is 8.19. The molecule has 180 valence electrons. The fraction of sp³-hybridized carbons (Fsp3) is 0.241. The standard InChI is InChI=1S/C29H26ClF3N2/c1-2-3-4-5-21-17-34-27(35-18-21)13-8-19-7-12-24-23(14-19)11-10-22(29(24)33)9-6-20-15-25(31)28(30)26(32)16-20/h2-3,7,10-12,14-18H,4-6,8-9,13H2,1H3/b3-2+. The number of nitrogens with zero attached hydrogens (tertiary/aromatic N) is 2. The summed E-state index contributed by atoms with van der Waals surface area (Å²) in [7, 11) is 0. The van der Waals surface area contributed by atoms with Crippen LogP contribution in [0.5, 0.6) is 0 Å². The molecule has 0 saturated carbocycles. The fourth-order valence-corrected chi connectivity index (χ4v) is 4.19. The molecule has 0 aliphatic rings. The van der Waals surface area contributed by atoms with E-state index in [4.69, 9.17) is 11.6 Å². The lowest BCUT2D eigenvalue weighted by Gasteiger charge is -2.09. The van der Waals surface area contributed by atoms with E-state index >= 15 is 4.39 Å². The molecule has 4 aromatic rings. The van der Waals surface area contributed by atoms with E-state index in [2.05, 4.69) is 16.0 Å². The van der Waals surface area contributed by atoms with Gasteiger partial charge in [-0.2, -0.15) is 0 Å². The number of halogens is 4. The summed E-state index contributed by atoms with van der Waals surface area (Å²) in [6.45, 7) is 2.01. The van der Waals surface area contributed by atoms with Crippen LogP contribution < -0.4 is 0 Å². The van der Waals surface area contributed by atoms with E-state index in [9.17, 15) is 8.78 Å². The van der Waals surface area contributed by atoms with E-state index in [0.717, 1.165) is 41.6 Å². The van der Waals surface area contributed by atoms with Gasteiger partial charge in [0.15, 0.2) is 0 Å². The second-order valence-electron chi connectivity index (χ2n) is 8.58. The van der Waals surface area contributed by atoms with Crippen molar-refractivity contribution < 1.29 is 13.2 Å². The van der Waals surface area contributed by atoms with Crippen molar-refractivity contribution in [1.82, 2.24) is 9.97 Å². The summed E-state index contributed by atoms with van der Waals surface area (Å²) in [6.07, 6.45) is 11.9. The lowest BCUT2D eigenvalue weighted by atomic mass is 9.98. The van der Waals surface area contributed by atoms with Gasteiger partial charge in [-0.05, 0) is 78.8 Å². The predicted molar refractivity (Wildman–Crippen MR) is 135 cm³/mol. The third-order valence-corrected chi connectivity index (χ3v) is 6.42. The van der Waals surface area contributed by atoms with Gasteiger partial charge in [0.1, 0.15) is 28.3 Å². The van der Waals surface area contributed by atoms with Gasteiger partial charge in [-0.25, -0.2) is 23.1 Å². The monoisotopic (exact) mass is 494 g/mol. The summed E-state index contributed by atoms with van der Waals surface area (Å²) in [4.78, 5) is 8.94. The Morgan fingerprint density at radius 1 is 0.771 bits per heavy atom. The molecule has 0 atom stereocenters. The molecule has 0 spiro atoms. The molecule has 35 heavy (non-hydrogen) atoms. The van der Waals surface area contributed by atoms with Gasteiger partial charge in [-0.1, -0.05) is 54.1 Å². The van der Waals surface area contributed by atoms with Crippen molar-refractivity contribution in [2.45, 2.75) is 45.4 Å². The quantitative estimate of drug-likeness (QED) is 0.175. The maximum Gasteiger partial charge on any atom is 0.145 e. The first-order valence-corrected chi connectivity index (χ1v) is 12.1. The van der Waals surface area contributed by atoms with Gasteiger partial charge in [0, 0.05) is 24.2 Å². The Morgan fingerprint density at radius 3 is 2.20 bits per heavy atom. The number of hydrogen-bond donors (Lipinski definition) is 0. The van der Waals surface area contributed by atoms with Gasteiger partial charge in [0.05, 0.1) is 0 Å². The molecule has 3 aromatic carbocycles. The van der Waals surface area contributed by atoms with Crippen LogP contribution in [0.4, 0.5) is 13.2 Å². The van der Waals surface area contributed by atoms with E-state index in [1.807, 2.05) is 43.6 Å². The number of benzene rings is 3. The summed E-state index contributed by atoms with van der Waals surface area (Å²) in [5.74, 6) is -1.13. The minimum absolute atomic E-state index is 0.305. The van der Waals surface area contributed by atoms with Crippen molar-refractivity contribution in [3.8, 4) is 0 Å². The first-order valence-electron chi connectivity index (χ1n) is 11.7. The maximum absolute atomic E-state index is 15.1. The van der Waals surface area contributed by atoms with Crippen LogP contribution in [0.3, 0.4) is 0 Å². The Morgan fingerprint density at radius 2 is 1.49 bits per heavy atom. The van der Waals surface area contributed by atoms with Crippen LogP contribution in [0.15, 0.2) is 67.0 Å².